The van der Waals surface area contributed by atoms with Crippen molar-refractivity contribution < 1.29 is 4.74 Å². The highest BCUT2D eigenvalue weighted by molar-refractivity contribution is 8.13. The molecule has 24 heavy (non-hydrogen) atoms. The van der Waals surface area contributed by atoms with Gasteiger partial charge in [-0.1, -0.05) is 30.3 Å². The number of piperidine rings is 1. The average Bonchev–Trinajstić information content (AvgIpc) is 3.01. The zero-order valence-electron chi connectivity index (χ0n) is 14.1. The Bertz CT molecular complexity index is 548. The minimum Gasteiger partial charge on any atom is -0.494 e. The van der Waals surface area contributed by atoms with Crippen molar-refractivity contribution in [2.45, 2.75) is 32.2 Å². The molecule has 0 bridgehead atoms. The standard InChI is InChI=1S/C17H27N5OS/c18-17-20-22(14-24-17)19-8-5-11-23-16-7-4-6-15(12-16)13-21-9-2-1-3-10-21/h4,6-7,12,19H,1-3,5,8-11,13-14H2,(H2,18,20). The van der Waals surface area contributed by atoms with Crippen LogP contribution in [-0.2, 0) is 6.54 Å². The zero-order chi connectivity index (χ0) is 16.6. The lowest BCUT2D eigenvalue weighted by molar-refractivity contribution is 0.219. The molecular weight excluding hydrogens is 322 g/mol. The highest BCUT2D eigenvalue weighted by Crippen LogP contribution is 2.17. The molecule has 1 aromatic carbocycles. The maximum atomic E-state index is 5.88. The first-order valence-electron chi connectivity index (χ1n) is 8.71. The minimum absolute atomic E-state index is 0.615. The fourth-order valence-corrected chi connectivity index (χ4v) is 3.52. The Morgan fingerprint density at radius 3 is 2.92 bits per heavy atom. The van der Waals surface area contributed by atoms with Crippen molar-refractivity contribution in [3.8, 4) is 5.75 Å². The van der Waals surface area contributed by atoms with Crippen LogP contribution < -0.4 is 15.9 Å². The van der Waals surface area contributed by atoms with Crippen LogP contribution in [0.5, 0.6) is 5.75 Å². The summed E-state index contributed by atoms with van der Waals surface area (Å²) in [6.45, 7) is 4.99. The van der Waals surface area contributed by atoms with Crippen molar-refractivity contribution in [1.82, 2.24) is 15.4 Å². The zero-order valence-corrected chi connectivity index (χ0v) is 14.9. The van der Waals surface area contributed by atoms with E-state index in [0.29, 0.717) is 11.8 Å². The largest absolute Gasteiger partial charge is 0.494 e. The van der Waals surface area contributed by atoms with E-state index in [4.69, 9.17) is 10.5 Å². The number of likely N-dealkylation sites (tertiary alicyclic amines) is 1. The fraction of sp³-hybridized carbons (Fsp3) is 0.588. The summed E-state index contributed by atoms with van der Waals surface area (Å²) in [5.74, 6) is 1.73. The van der Waals surface area contributed by atoms with Crippen molar-refractivity contribution in [2.24, 2.45) is 10.8 Å². The molecule has 0 saturated carbocycles. The number of rotatable bonds is 8. The van der Waals surface area contributed by atoms with Gasteiger partial charge < -0.3 is 10.5 Å². The first-order chi connectivity index (χ1) is 11.8. The van der Waals surface area contributed by atoms with Gasteiger partial charge in [0, 0.05) is 13.1 Å². The molecule has 0 amide bonds. The molecule has 2 heterocycles. The third-order valence-electron chi connectivity index (χ3n) is 4.19. The number of nitrogens with one attached hydrogen (secondary N) is 1. The van der Waals surface area contributed by atoms with E-state index in [-0.39, 0.29) is 0 Å². The minimum atomic E-state index is 0.615. The van der Waals surface area contributed by atoms with Crippen LogP contribution in [0.25, 0.3) is 0 Å². The predicted octanol–water partition coefficient (Wildman–Crippen LogP) is 2.18. The molecule has 1 fully saturated rings. The van der Waals surface area contributed by atoms with Gasteiger partial charge >= 0.3 is 0 Å². The second kappa shape index (κ2) is 9.15. The van der Waals surface area contributed by atoms with E-state index in [1.54, 1.807) is 5.12 Å². The Labute approximate surface area is 148 Å². The van der Waals surface area contributed by atoms with Gasteiger partial charge in [-0.15, -0.1) is 5.10 Å². The van der Waals surface area contributed by atoms with Crippen LogP contribution in [0.3, 0.4) is 0 Å². The van der Waals surface area contributed by atoms with Crippen molar-refractivity contribution >= 4 is 16.9 Å². The molecule has 0 atom stereocenters. The van der Waals surface area contributed by atoms with Crippen LogP contribution in [0.2, 0.25) is 0 Å². The summed E-state index contributed by atoms with van der Waals surface area (Å²) in [7, 11) is 0. The van der Waals surface area contributed by atoms with Gasteiger partial charge in [-0.3, -0.25) is 4.90 Å². The van der Waals surface area contributed by atoms with Crippen LogP contribution in [-0.4, -0.2) is 47.3 Å². The van der Waals surface area contributed by atoms with Crippen LogP contribution in [0.15, 0.2) is 29.4 Å². The molecule has 1 saturated heterocycles. The first-order valence-corrected chi connectivity index (χ1v) is 9.70. The van der Waals surface area contributed by atoms with Crippen molar-refractivity contribution in [3.05, 3.63) is 29.8 Å². The number of hydrogen-bond acceptors (Lipinski definition) is 7. The van der Waals surface area contributed by atoms with E-state index in [2.05, 4.69) is 33.6 Å². The maximum absolute atomic E-state index is 5.88. The van der Waals surface area contributed by atoms with E-state index >= 15 is 0 Å². The number of benzene rings is 1. The first kappa shape index (κ1) is 17.4. The Morgan fingerprint density at radius 2 is 2.12 bits per heavy atom. The predicted molar refractivity (Wildman–Crippen MR) is 99.6 cm³/mol. The lowest BCUT2D eigenvalue weighted by Gasteiger charge is -2.26. The summed E-state index contributed by atoms with van der Waals surface area (Å²) >= 11 is 1.54. The second-order valence-corrected chi connectivity index (χ2v) is 7.17. The van der Waals surface area contributed by atoms with Crippen LogP contribution >= 0.6 is 11.8 Å². The highest BCUT2D eigenvalue weighted by Gasteiger charge is 2.11. The molecule has 3 rings (SSSR count). The number of amidine groups is 1. The molecule has 7 heteroatoms. The van der Waals surface area contributed by atoms with E-state index in [1.165, 1.54) is 49.7 Å². The lowest BCUT2D eigenvalue weighted by atomic mass is 10.1. The van der Waals surface area contributed by atoms with Gasteiger partial charge in [-0.2, -0.15) is 0 Å². The number of ether oxygens (including phenoxy) is 1. The maximum Gasteiger partial charge on any atom is 0.181 e. The topological polar surface area (TPSA) is 66.1 Å². The Kier molecular flexibility index (Phi) is 6.63. The van der Waals surface area contributed by atoms with E-state index < -0.39 is 0 Å². The summed E-state index contributed by atoms with van der Waals surface area (Å²) < 4.78 is 5.88. The quantitative estimate of drug-likeness (QED) is 0.701. The Balaban J connectivity index is 1.35. The van der Waals surface area contributed by atoms with Gasteiger partial charge in [-0.05, 0) is 50.0 Å². The summed E-state index contributed by atoms with van der Waals surface area (Å²) in [5.41, 5.74) is 10.2. The molecule has 2 aliphatic rings. The molecule has 1 aromatic rings. The third-order valence-corrected chi connectivity index (χ3v) is 4.94. The van der Waals surface area contributed by atoms with Crippen molar-refractivity contribution in [3.63, 3.8) is 0 Å². The van der Waals surface area contributed by atoms with Crippen molar-refractivity contribution in [1.29, 1.82) is 0 Å². The molecule has 0 aromatic heterocycles. The average molecular weight is 350 g/mol. The number of hydrogen-bond donors (Lipinski definition) is 2. The molecule has 0 radical (unpaired) electrons. The van der Waals surface area contributed by atoms with Gasteiger partial charge in [0.2, 0.25) is 0 Å². The normalized spacial score (nSPS) is 18.7. The summed E-state index contributed by atoms with van der Waals surface area (Å²) in [5, 5.41) is 6.54. The van der Waals surface area contributed by atoms with Crippen LogP contribution in [0.1, 0.15) is 31.2 Å². The molecular formula is C17H27N5OS. The molecule has 2 aliphatic heterocycles. The van der Waals surface area contributed by atoms with Crippen LogP contribution in [0, 0.1) is 0 Å². The van der Waals surface area contributed by atoms with Gasteiger partial charge in [0.05, 0.1) is 6.61 Å². The number of nitrogens with two attached hydrogens (primary N) is 1. The van der Waals surface area contributed by atoms with Crippen LogP contribution in [0.4, 0.5) is 0 Å². The Morgan fingerprint density at radius 1 is 1.25 bits per heavy atom. The summed E-state index contributed by atoms with van der Waals surface area (Å²) in [6.07, 6.45) is 4.96. The monoisotopic (exact) mass is 349 g/mol. The number of nitrogens with zero attached hydrogens (tertiary/aromatic N) is 3. The van der Waals surface area contributed by atoms with Crippen molar-refractivity contribution in [2.75, 3.05) is 32.1 Å². The fourth-order valence-electron chi connectivity index (χ4n) is 2.96. The number of hydrazone groups is 1. The van der Waals surface area contributed by atoms with Gasteiger partial charge in [0.15, 0.2) is 5.17 Å². The number of hydrazine groups is 1. The lowest BCUT2D eigenvalue weighted by Crippen LogP contribution is -2.32. The van der Waals surface area contributed by atoms with E-state index in [9.17, 15) is 0 Å². The third kappa shape index (κ3) is 5.58. The summed E-state index contributed by atoms with van der Waals surface area (Å²) in [4.78, 5) is 2.53. The van der Waals surface area contributed by atoms with E-state index in [1.807, 2.05) is 6.07 Å². The molecule has 3 N–H and O–H groups in total. The SMILES string of the molecule is NC1=NN(NCCCOc2cccc(CN3CCCCC3)c2)CS1. The van der Waals surface area contributed by atoms with E-state index in [0.717, 1.165) is 31.1 Å². The van der Waals surface area contributed by atoms with Gasteiger partial charge in [0.1, 0.15) is 11.6 Å². The highest BCUT2D eigenvalue weighted by atomic mass is 32.2. The molecule has 0 unspecified atom stereocenters. The smallest absolute Gasteiger partial charge is 0.181 e. The summed E-state index contributed by atoms with van der Waals surface area (Å²) in [6, 6.07) is 8.49. The molecule has 0 aliphatic carbocycles. The number of thioether (sulfide) groups is 1. The van der Waals surface area contributed by atoms with Gasteiger partial charge in [-0.25, -0.2) is 10.5 Å². The van der Waals surface area contributed by atoms with Gasteiger partial charge in [0.25, 0.3) is 0 Å². The Hall–Kier alpha value is -1.44. The molecule has 132 valence electrons. The molecule has 6 nitrogen and oxygen atoms in total. The second-order valence-electron chi connectivity index (χ2n) is 6.21. The molecule has 0 spiro atoms.